The van der Waals surface area contributed by atoms with Gasteiger partial charge in [0.25, 0.3) is 0 Å². The molecular weight excluding hydrogens is 438 g/mol. The normalized spacial score (nSPS) is 12.3. The van der Waals surface area contributed by atoms with Crippen molar-refractivity contribution >= 4 is 40.5 Å². The fourth-order valence-electron chi connectivity index (χ4n) is 2.86. The summed E-state index contributed by atoms with van der Waals surface area (Å²) in [4.78, 5) is 6.56. The second-order valence-corrected chi connectivity index (χ2v) is 8.49. The van der Waals surface area contributed by atoms with E-state index < -0.39 is 0 Å². The monoisotopic (exact) mass is 457 g/mol. The van der Waals surface area contributed by atoms with Gasteiger partial charge in [-0.1, -0.05) is 35.9 Å². The molecule has 30 heavy (non-hydrogen) atoms. The summed E-state index contributed by atoms with van der Waals surface area (Å²) in [5.74, 6) is 0. The first-order chi connectivity index (χ1) is 14.7. The molecule has 4 aromatic rings. The van der Waals surface area contributed by atoms with E-state index in [0.29, 0.717) is 18.3 Å². The Morgan fingerprint density at radius 1 is 1.17 bits per heavy atom. The summed E-state index contributed by atoms with van der Waals surface area (Å²) in [6, 6.07) is 13.9. The third kappa shape index (κ3) is 4.32. The number of nitrogens with zero attached hydrogens (tertiary/aromatic N) is 5. The lowest BCUT2D eigenvalue weighted by Crippen LogP contribution is -2.13. The molecule has 3 heterocycles. The van der Waals surface area contributed by atoms with Gasteiger partial charge < -0.3 is 4.74 Å². The smallest absolute Gasteiger partial charge is 0.206 e. The van der Waals surface area contributed by atoms with E-state index in [2.05, 4.69) is 21.5 Å². The van der Waals surface area contributed by atoms with Gasteiger partial charge in [0.1, 0.15) is 5.15 Å². The minimum atomic E-state index is 0.522. The first kappa shape index (κ1) is 20.7. The number of aryl methyl sites for hydroxylation is 1. The fourth-order valence-corrected chi connectivity index (χ4v) is 4.84. The van der Waals surface area contributed by atoms with E-state index in [1.54, 1.807) is 40.7 Å². The third-order valence-corrected chi connectivity index (χ3v) is 6.46. The molecule has 0 aliphatic carbocycles. The van der Waals surface area contributed by atoms with Gasteiger partial charge in [-0.25, -0.2) is 9.36 Å². The first-order valence-corrected chi connectivity index (χ1v) is 11.4. The van der Waals surface area contributed by atoms with Gasteiger partial charge in [-0.05, 0) is 30.5 Å². The van der Waals surface area contributed by atoms with Crippen LogP contribution < -0.4 is 4.80 Å². The number of hydrogen-bond donors (Lipinski definition) is 0. The molecule has 6 nitrogen and oxygen atoms in total. The SMILES string of the molecule is COCCN=c1scc(-c2cccs2)n1/N=C/c1c(C)nn(-c2ccccc2)c1Cl. The number of hydrogen-bond acceptors (Lipinski definition) is 6. The lowest BCUT2D eigenvalue weighted by molar-refractivity contribution is 0.207. The summed E-state index contributed by atoms with van der Waals surface area (Å²) < 4.78 is 8.70. The van der Waals surface area contributed by atoms with Crippen molar-refractivity contribution in [1.29, 1.82) is 0 Å². The van der Waals surface area contributed by atoms with Crippen molar-refractivity contribution in [1.82, 2.24) is 14.5 Å². The van der Waals surface area contributed by atoms with E-state index in [0.717, 1.165) is 32.3 Å². The van der Waals surface area contributed by atoms with Crippen molar-refractivity contribution < 1.29 is 4.74 Å². The molecule has 0 radical (unpaired) electrons. The van der Waals surface area contributed by atoms with Crippen LogP contribution in [0.2, 0.25) is 5.15 Å². The van der Waals surface area contributed by atoms with Crippen LogP contribution in [0.1, 0.15) is 11.3 Å². The van der Waals surface area contributed by atoms with E-state index in [1.165, 1.54) is 0 Å². The predicted octanol–water partition coefficient (Wildman–Crippen LogP) is 4.85. The molecule has 0 saturated carbocycles. The zero-order chi connectivity index (χ0) is 20.9. The number of para-hydroxylation sites is 1. The van der Waals surface area contributed by atoms with Crippen molar-refractivity contribution in [3.8, 4) is 16.3 Å². The average molecular weight is 458 g/mol. The zero-order valence-electron chi connectivity index (χ0n) is 16.5. The van der Waals surface area contributed by atoms with Gasteiger partial charge in [-0.2, -0.15) is 10.2 Å². The molecule has 0 N–H and O–H groups in total. The molecule has 4 rings (SSSR count). The van der Waals surface area contributed by atoms with Crippen LogP contribution in [-0.2, 0) is 4.74 Å². The Morgan fingerprint density at radius 3 is 2.73 bits per heavy atom. The Bertz CT molecular complexity index is 1210. The number of halogens is 1. The van der Waals surface area contributed by atoms with Crippen molar-refractivity contribution in [2.75, 3.05) is 20.3 Å². The maximum atomic E-state index is 6.65. The summed E-state index contributed by atoms with van der Waals surface area (Å²) >= 11 is 9.87. The lowest BCUT2D eigenvalue weighted by Gasteiger charge is -2.02. The minimum absolute atomic E-state index is 0.522. The molecule has 0 atom stereocenters. The van der Waals surface area contributed by atoms with Crippen molar-refractivity contribution in [3.05, 3.63) is 74.4 Å². The first-order valence-electron chi connectivity index (χ1n) is 9.28. The number of thiazole rings is 1. The van der Waals surface area contributed by atoms with E-state index in [4.69, 9.17) is 21.4 Å². The molecule has 0 bridgehead atoms. The summed E-state index contributed by atoms with van der Waals surface area (Å²) in [7, 11) is 1.67. The standard InChI is InChI=1S/C21H20ClN5OS2/c1-15-17(20(22)26(25-15)16-7-4-3-5-8-16)13-24-27-18(19-9-6-12-29-19)14-30-21(27)23-10-11-28-2/h3-9,12-14H,10-11H2,1-2H3/b23-21?,24-13+. The van der Waals surface area contributed by atoms with Gasteiger partial charge in [-0.3, -0.25) is 4.99 Å². The predicted molar refractivity (Wildman–Crippen MR) is 124 cm³/mol. The number of rotatable bonds is 7. The van der Waals surface area contributed by atoms with Crippen LogP contribution in [-0.4, -0.2) is 40.9 Å². The van der Waals surface area contributed by atoms with E-state index in [-0.39, 0.29) is 0 Å². The Labute approximate surface area is 187 Å². The zero-order valence-corrected chi connectivity index (χ0v) is 18.9. The molecule has 0 amide bonds. The second kappa shape index (κ2) is 9.53. The summed E-state index contributed by atoms with van der Waals surface area (Å²) in [5, 5.41) is 14.0. The maximum absolute atomic E-state index is 6.65. The average Bonchev–Trinajstić information content (AvgIpc) is 3.48. The Balaban J connectivity index is 1.75. The van der Waals surface area contributed by atoms with Gasteiger partial charge in [0, 0.05) is 12.5 Å². The second-order valence-electron chi connectivity index (χ2n) is 6.35. The molecule has 0 fully saturated rings. The molecule has 0 aliphatic rings. The van der Waals surface area contributed by atoms with Gasteiger partial charge in [0.2, 0.25) is 4.80 Å². The van der Waals surface area contributed by atoms with Crippen LogP contribution in [0.5, 0.6) is 0 Å². The summed E-state index contributed by atoms with van der Waals surface area (Å²) in [6.45, 7) is 3.06. The minimum Gasteiger partial charge on any atom is -0.383 e. The van der Waals surface area contributed by atoms with Crippen LogP contribution in [0.3, 0.4) is 0 Å². The molecule has 0 unspecified atom stereocenters. The summed E-state index contributed by atoms with van der Waals surface area (Å²) in [6.07, 6.45) is 1.75. The van der Waals surface area contributed by atoms with Gasteiger partial charge >= 0.3 is 0 Å². The lowest BCUT2D eigenvalue weighted by atomic mass is 10.3. The quantitative estimate of drug-likeness (QED) is 0.294. The Kier molecular flexibility index (Phi) is 6.59. The van der Waals surface area contributed by atoms with Crippen LogP contribution in [0.25, 0.3) is 16.3 Å². The molecule has 0 saturated heterocycles. The molecule has 3 aromatic heterocycles. The third-order valence-electron chi connectivity index (χ3n) is 4.35. The Hall–Kier alpha value is -2.52. The maximum Gasteiger partial charge on any atom is 0.206 e. The van der Waals surface area contributed by atoms with Crippen molar-refractivity contribution in [2.45, 2.75) is 6.92 Å². The molecule has 0 spiro atoms. The molecular formula is C21H20ClN5OS2. The van der Waals surface area contributed by atoms with Gasteiger partial charge in [0.05, 0.1) is 46.9 Å². The highest BCUT2D eigenvalue weighted by molar-refractivity contribution is 7.14. The highest BCUT2D eigenvalue weighted by Gasteiger charge is 2.14. The van der Waals surface area contributed by atoms with Crippen molar-refractivity contribution in [2.24, 2.45) is 10.1 Å². The van der Waals surface area contributed by atoms with Gasteiger partial charge in [0.15, 0.2) is 0 Å². The van der Waals surface area contributed by atoms with Crippen LogP contribution in [0.15, 0.2) is 63.3 Å². The van der Waals surface area contributed by atoms with E-state index >= 15 is 0 Å². The van der Waals surface area contributed by atoms with E-state index in [1.807, 2.05) is 53.4 Å². The fraction of sp³-hybridized carbons (Fsp3) is 0.190. The molecule has 154 valence electrons. The molecule has 9 heteroatoms. The van der Waals surface area contributed by atoms with Crippen LogP contribution in [0.4, 0.5) is 0 Å². The van der Waals surface area contributed by atoms with Crippen LogP contribution in [0, 0.1) is 6.92 Å². The number of thiophene rings is 1. The highest BCUT2D eigenvalue weighted by Crippen LogP contribution is 2.26. The number of ether oxygens (including phenoxy) is 1. The summed E-state index contributed by atoms with van der Waals surface area (Å²) in [5.41, 5.74) is 3.48. The van der Waals surface area contributed by atoms with Gasteiger partial charge in [-0.15, -0.1) is 22.7 Å². The van der Waals surface area contributed by atoms with Crippen molar-refractivity contribution in [3.63, 3.8) is 0 Å². The molecule has 0 aliphatic heterocycles. The number of aromatic nitrogens is 3. The van der Waals surface area contributed by atoms with E-state index in [9.17, 15) is 0 Å². The topological polar surface area (TPSA) is 56.7 Å². The van der Waals surface area contributed by atoms with Crippen LogP contribution >= 0.6 is 34.3 Å². The number of methoxy groups -OCH3 is 1. The number of benzene rings is 1. The Morgan fingerprint density at radius 2 is 2.00 bits per heavy atom. The highest BCUT2D eigenvalue weighted by atomic mass is 35.5. The largest absolute Gasteiger partial charge is 0.383 e. The molecule has 1 aromatic carbocycles.